The molecule has 2 heterocycles. The summed E-state index contributed by atoms with van der Waals surface area (Å²) < 4.78 is 0. The topological polar surface area (TPSA) is 32.5 Å². The van der Waals surface area contributed by atoms with Gasteiger partial charge < -0.3 is 4.90 Å². The SMILES string of the molecule is CCC1=CN2C=CC=CC2N1N. The van der Waals surface area contributed by atoms with Crippen molar-refractivity contribution in [1.29, 1.82) is 0 Å². The summed E-state index contributed by atoms with van der Waals surface area (Å²) in [4.78, 5) is 2.11. The van der Waals surface area contributed by atoms with Crippen molar-refractivity contribution in [2.24, 2.45) is 5.84 Å². The van der Waals surface area contributed by atoms with Crippen LogP contribution in [0, 0.1) is 0 Å². The molecule has 2 aliphatic heterocycles. The molecule has 0 aromatic rings. The molecule has 0 spiro atoms. The normalized spacial score (nSPS) is 26.2. The zero-order chi connectivity index (χ0) is 8.55. The van der Waals surface area contributed by atoms with E-state index in [-0.39, 0.29) is 6.17 Å². The lowest BCUT2D eigenvalue weighted by molar-refractivity contribution is 0.226. The monoisotopic (exact) mass is 163 g/mol. The Bertz CT molecular complexity index is 265. The van der Waals surface area contributed by atoms with E-state index in [1.807, 2.05) is 18.4 Å². The standard InChI is InChI=1S/C9H13N3/c1-2-8-7-11-6-4-3-5-9(11)12(8)10/h3-7,9H,2,10H2,1H3. The zero-order valence-corrected chi connectivity index (χ0v) is 7.14. The molecule has 0 amide bonds. The third kappa shape index (κ3) is 0.940. The van der Waals surface area contributed by atoms with Gasteiger partial charge in [-0.15, -0.1) is 0 Å². The maximum Gasteiger partial charge on any atom is 0.139 e. The summed E-state index contributed by atoms with van der Waals surface area (Å²) in [5.41, 5.74) is 1.18. The van der Waals surface area contributed by atoms with Crippen molar-refractivity contribution >= 4 is 0 Å². The first-order valence-electron chi connectivity index (χ1n) is 4.20. The molecular formula is C9H13N3. The van der Waals surface area contributed by atoms with E-state index in [2.05, 4.69) is 24.1 Å². The summed E-state index contributed by atoms with van der Waals surface area (Å²) in [5.74, 6) is 5.88. The molecule has 3 heteroatoms. The van der Waals surface area contributed by atoms with Crippen molar-refractivity contribution in [2.75, 3.05) is 0 Å². The molecule has 1 atom stereocenters. The Morgan fingerprint density at radius 3 is 3.00 bits per heavy atom. The molecule has 0 aromatic carbocycles. The molecule has 0 saturated carbocycles. The third-order valence-electron chi connectivity index (χ3n) is 2.23. The average molecular weight is 163 g/mol. The van der Waals surface area contributed by atoms with Crippen LogP contribution in [0.15, 0.2) is 36.3 Å². The second-order valence-electron chi connectivity index (χ2n) is 2.97. The Morgan fingerprint density at radius 2 is 2.33 bits per heavy atom. The molecule has 0 aliphatic carbocycles. The van der Waals surface area contributed by atoms with Gasteiger partial charge in [0.1, 0.15) is 6.17 Å². The van der Waals surface area contributed by atoms with Crippen LogP contribution in [0.25, 0.3) is 0 Å². The van der Waals surface area contributed by atoms with Gasteiger partial charge >= 0.3 is 0 Å². The number of allylic oxidation sites excluding steroid dienone is 3. The zero-order valence-electron chi connectivity index (χ0n) is 7.14. The number of hydrogen-bond donors (Lipinski definition) is 1. The van der Waals surface area contributed by atoms with Crippen molar-refractivity contribution < 1.29 is 0 Å². The van der Waals surface area contributed by atoms with Crippen LogP contribution in [0.2, 0.25) is 0 Å². The first-order chi connectivity index (χ1) is 5.83. The van der Waals surface area contributed by atoms with Crippen molar-refractivity contribution in [3.8, 4) is 0 Å². The van der Waals surface area contributed by atoms with E-state index in [4.69, 9.17) is 5.84 Å². The largest absolute Gasteiger partial charge is 0.327 e. The van der Waals surface area contributed by atoms with Crippen LogP contribution in [-0.4, -0.2) is 16.1 Å². The number of nitrogens with zero attached hydrogens (tertiary/aromatic N) is 2. The summed E-state index contributed by atoms with van der Waals surface area (Å²) >= 11 is 0. The van der Waals surface area contributed by atoms with Crippen LogP contribution in [-0.2, 0) is 0 Å². The molecule has 0 aromatic heterocycles. The van der Waals surface area contributed by atoms with Gasteiger partial charge in [0.15, 0.2) is 0 Å². The number of rotatable bonds is 1. The van der Waals surface area contributed by atoms with Crippen molar-refractivity contribution in [3.05, 3.63) is 36.3 Å². The van der Waals surface area contributed by atoms with Gasteiger partial charge in [0.2, 0.25) is 0 Å². The molecule has 12 heavy (non-hydrogen) atoms. The molecule has 0 saturated heterocycles. The molecule has 3 nitrogen and oxygen atoms in total. The fourth-order valence-electron chi connectivity index (χ4n) is 1.54. The Balaban J connectivity index is 2.25. The van der Waals surface area contributed by atoms with E-state index >= 15 is 0 Å². The van der Waals surface area contributed by atoms with Gasteiger partial charge in [-0.25, -0.2) is 5.84 Å². The first-order valence-corrected chi connectivity index (χ1v) is 4.20. The van der Waals surface area contributed by atoms with Crippen molar-refractivity contribution in [3.63, 3.8) is 0 Å². The average Bonchev–Trinajstić information content (AvgIpc) is 2.44. The fourth-order valence-corrected chi connectivity index (χ4v) is 1.54. The summed E-state index contributed by atoms with van der Waals surface area (Å²) in [7, 11) is 0. The molecule has 64 valence electrons. The molecule has 2 N–H and O–H groups in total. The van der Waals surface area contributed by atoms with Crippen LogP contribution in [0.4, 0.5) is 0 Å². The Hall–Kier alpha value is -1.22. The van der Waals surface area contributed by atoms with E-state index in [1.165, 1.54) is 5.70 Å². The third-order valence-corrected chi connectivity index (χ3v) is 2.23. The van der Waals surface area contributed by atoms with Gasteiger partial charge in [-0.1, -0.05) is 13.0 Å². The highest BCUT2D eigenvalue weighted by atomic mass is 15.5. The minimum Gasteiger partial charge on any atom is -0.327 e. The summed E-state index contributed by atoms with van der Waals surface area (Å²) in [5, 5.41) is 1.81. The van der Waals surface area contributed by atoms with Crippen molar-refractivity contribution in [2.45, 2.75) is 19.5 Å². The van der Waals surface area contributed by atoms with E-state index in [0.717, 1.165) is 6.42 Å². The highest BCUT2D eigenvalue weighted by Gasteiger charge is 2.26. The predicted molar refractivity (Wildman–Crippen MR) is 48.3 cm³/mol. The van der Waals surface area contributed by atoms with E-state index in [1.54, 1.807) is 5.01 Å². The molecule has 2 rings (SSSR count). The second-order valence-corrected chi connectivity index (χ2v) is 2.97. The highest BCUT2D eigenvalue weighted by molar-refractivity contribution is 5.22. The molecular weight excluding hydrogens is 150 g/mol. The van der Waals surface area contributed by atoms with Gasteiger partial charge in [0, 0.05) is 18.1 Å². The minimum absolute atomic E-state index is 0.199. The van der Waals surface area contributed by atoms with Gasteiger partial charge in [0.05, 0.1) is 0 Å². The lowest BCUT2D eigenvalue weighted by Gasteiger charge is -2.27. The number of hydrazine groups is 1. The maximum atomic E-state index is 5.88. The first kappa shape index (κ1) is 7.43. The Labute approximate surface area is 72.4 Å². The number of fused-ring (bicyclic) bond motifs is 1. The molecule has 1 unspecified atom stereocenters. The molecule has 0 bridgehead atoms. The lowest BCUT2D eigenvalue weighted by atomic mass is 10.3. The second kappa shape index (κ2) is 2.68. The van der Waals surface area contributed by atoms with Gasteiger partial charge in [-0.05, 0) is 18.6 Å². The highest BCUT2D eigenvalue weighted by Crippen LogP contribution is 2.24. The Kier molecular flexibility index (Phi) is 1.66. The van der Waals surface area contributed by atoms with Gasteiger partial charge in [0.25, 0.3) is 0 Å². The fraction of sp³-hybridized carbons (Fsp3) is 0.333. The smallest absolute Gasteiger partial charge is 0.139 e. The van der Waals surface area contributed by atoms with E-state index in [9.17, 15) is 0 Å². The van der Waals surface area contributed by atoms with Crippen LogP contribution in [0.3, 0.4) is 0 Å². The lowest BCUT2D eigenvalue weighted by Crippen LogP contribution is -2.41. The van der Waals surface area contributed by atoms with Gasteiger partial charge in [-0.3, -0.25) is 5.01 Å². The minimum atomic E-state index is 0.199. The van der Waals surface area contributed by atoms with Crippen LogP contribution < -0.4 is 5.84 Å². The summed E-state index contributed by atoms with van der Waals surface area (Å²) in [6, 6.07) is 0. The predicted octanol–water partition coefficient (Wildman–Crippen LogP) is 1.14. The van der Waals surface area contributed by atoms with E-state index < -0.39 is 0 Å². The number of hydrogen-bond acceptors (Lipinski definition) is 3. The number of nitrogens with two attached hydrogens (primary N) is 1. The summed E-state index contributed by atoms with van der Waals surface area (Å²) in [6.07, 6.45) is 11.4. The van der Waals surface area contributed by atoms with E-state index in [0.29, 0.717) is 0 Å². The Morgan fingerprint density at radius 1 is 1.50 bits per heavy atom. The van der Waals surface area contributed by atoms with Crippen LogP contribution in [0.1, 0.15) is 13.3 Å². The van der Waals surface area contributed by atoms with Crippen LogP contribution >= 0.6 is 0 Å². The maximum absolute atomic E-state index is 5.88. The molecule has 0 radical (unpaired) electrons. The molecule has 0 fully saturated rings. The van der Waals surface area contributed by atoms with Crippen LogP contribution in [0.5, 0.6) is 0 Å². The molecule has 2 aliphatic rings. The quantitative estimate of drug-likeness (QED) is 0.588. The van der Waals surface area contributed by atoms with Gasteiger partial charge in [-0.2, -0.15) is 0 Å². The van der Waals surface area contributed by atoms with Crippen molar-refractivity contribution in [1.82, 2.24) is 9.91 Å². The summed E-state index contributed by atoms with van der Waals surface area (Å²) in [6.45, 7) is 2.11.